The Bertz CT molecular complexity index is 599. The molecule has 3 heterocycles. The van der Waals surface area contributed by atoms with E-state index in [-0.39, 0.29) is 5.41 Å². The van der Waals surface area contributed by atoms with Crippen LogP contribution < -0.4 is 0 Å². The fourth-order valence-corrected chi connectivity index (χ4v) is 3.02. The molecule has 1 aliphatic rings. The van der Waals surface area contributed by atoms with Crippen LogP contribution in [-0.4, -0.2) is 38.2 Å². The Morgan fingerprint density at radius 2 is 2.05 bits per heavy atom. The summed E-state index contributed by atoms with van der Waals surface area (Å²) in [7, 11) is 0. The van der Waals surface area contributed by atoms with E-state index in [1.54, 1.807) is 0 Å². The molecule has 3 rings (SSSR count). The number of hydrogen-bond acceptors (Lipinski definition) is 4. The minimum absolute atomic E-state index is 0.00375. The van der Waals surface area contributed by atoms with Crippen molar-refractivity contribution >= 4 is 0 Å². The molecule has 0 amide bonds. The number of piperidine rings is 1. The molecule has 1 atom stereocenters. The molecule has 0 aliphatic carbocycles. The van der Waals surface area contributed by atoms with E-state index in [1.807, 2.05) is 12.4 Å². The maximum absolute atomic E-state index is 4.66. The Kier molecular flexibility index (Phi) is 4.25. The van der Waals surface area contributed by atoms with Gasteiger partial charge in [-0.05, 0) is 43.0 Å². The molecule has 1 N–H and O–H groups in total. The summed E-state index contributed by atoms with van der Waals surface area (Å²) in [4.78, 5) is 11.2. The van der Waals surface area contributed by atoms with Crippen LogP contribution >= 0.6 is 0 Å². The van der Waals surface area contributed by atoms with Crippen LogP contribution in [0.4, 0.5) is 0 Å². The van der Waals surface area contributed by atoms with E-state index in [9.17, 15) is 0 Å². The molecule has 0 saturated carbocycles. The average molecular weight is 299 g/mol. The zero-order valence-electron chi connectivity index (χ0n) is 13.7. The van der Waals surface area contributed by atoms with Crippen molar-refractivity contribution in [1.29, 1.82) is 0 Å². The van der Waals surface area contributed by atoms with Crippen LogP contribution in [-0.2, 0) is 12.0 Å². The van der Waals surface area contributed by atoms with E-state index in [0.717, 1.165) is 31.3 Å². The smallest absolute Gasteiger partial charge is 0.156 e. The molecular weight excluding hydrogens is 274 g/mol. The molecule has 0 unspecified atom stereocenters. The Labute approximate surface area is 132 Å². The van der Waals surface area contributed by atoms with Gasteiger partial charge in [0.1, 0.15) is 5.82 Å². The fraction of sp³-hybridized carbons (Fsp3) is 0.588. The number of H-pyrrole nitrogens is 1. The fourth-order valence-electron chi connectivity index (χ4n) is 3.02. The van der Waals surface area contributed by atoms with E-state index in [4.69, 9.17) is 0 Å². The first kappa shape index (κ1) is 15.2. The van der Waals surface area contributed by atoms with Crippen molar-refractivity contribution in [3.63, 3.8) is 0 Å². The van der Waals surface area contributed by atoms with Crippen molar-refractivity contribution in [2.45, 2.75) is 51.5 Å². The lowest BCUT2D eigenvalue weighted by Gasteiger charge is -2.32. The molecule has 118 valence electrons. The Morgan fingerprint density at radius 3 is 2.73 bits per heavy atom. The minimum atomic E-state index is -0.00375. The van der Waals surface area contributed by atoms with Gasteiger partial charge < -0.3 is 0 Å². The zero-order valence-corrected chi connectivity index (χ0v) is 13.7. The van der Waals surface area contributed by atoms with Gasteiger partial charge in [0, 0.05) is 24.4 Å². The number of likely N-dealkylation sites (tertiary alicyclic amines) is 1. The molecule has 2 aromatic heterocycles. The number of rotatable bonds is 3. The molecule has 0 aromatic carbocycles. The summed E-state index contributed by atoms with van der Waals surface area (Å²) >= 11 is 0. The van der Waals surface area contributed by atoms with Crippen LogP contribution in [0.3, 0.4) is 0 Å². The number of pyridine rings is 1. The predicted octanol–water partition coefficient (Wildman–Crippen LogP) is 2.88. The molecule has 0 bridgehead atoms. The van der Waals surface area contributed by atoms with Crippen molar-refractivity contribution in [1.82, 2.24) is 25.1 Å². The quantitative estimate of drug-likeness (QED) is 0.947. The topological polar surface area (TPSA) is 57.7 Å². The van der Waals surface area contributed by atoms with Crippen LogP contribution in [0.15, 0.2) is 24.5 Å². The number of nitrogens with one attached hydrogen (secondary N) is 1. The number of aromatic nitrogens is 4. The number of hydrogen-bond donors (Lipinski definition) is 1. The minimum Gasteiger partial charge on any atom is -0.295 e. The summed E-state index contributed by atoms with van der Waals surface area (Å²) in [5.41, 5.74) is 1.39. The van der Waals surface area contributed by atoms with Crippen molar-refractivity contribution < 1.29 is 0 Å². The lowest BCUT2D eigenvalue weighted by atomic mass is 9.91. The lowest BCUT2D eigenvalue weighted by molar-refractivity contribution is 0.196. The lowest BCUT2D eigenvalue weighted by Crippen LogP contribution is -2.34. The van der Waals surface area contributed by atoms with Crippen LogP contribution in [0.2, 0.25) is 0 Å². The third-order valence-corrected chi connectivity index (χ3v) is 4.26. The van der Waals surface area contributed by atoms with Gasteiger partial charge in [-0.25, -0.2) is 4.98 Å². The third kappa shape index (κ3) is 3.53. The molecule has 0 radical (unpaired) electrons. The number of nitrogens with zero attached hydrogens (tertiary/aromatic N) is 4. The van der Waals surface area contributed by atoms with Crippen LogP contribution in [0.5, 0.6) is 0 Å². The van der Waals surface area contributed by atoms with Gasteiger partial charge in [-0.1, -0.05) is 20.8 Å². The first-order valence-corrected chi connectivity index (χ1v) is 8.06. The second-order valence-corrected chi connectivity index (χ2v) is 7.21. The Hall–Kier alpha value is -1.75. The maximum atomic E-state index is 4.66. The molecule has 5 heteroatoms. The van der Waals surface area contributed by atoms with Crippen molar-refractivity contribution in [3.05, 3.63) is 41.7 Å². The van der Waals surface area contributed by atoms with E-state index in [0.29, 0.717) is 5.92 Å². The maximum Gasteiger partial charge on any atom is 0.156 e. The van der Waals surface area contributed by atoms with Gasteiger partial charge >= 0.3 is 0 Å². The molecular formula is C17H25N5. The van der Waals surface area contributed by atoms with Gasteiger partial charge in [0.25, 0.3) is 0 Å². The van der Waals surface area contributed by atoms with E-state index in [1.165, 1.54) is 18.4 Å². The highest BCUT2D eigenvalue weighted by Gasteiger charge is 2.24. The van der Waals surface area contributed by atoms with Gasteiger partial charge in [0.15, 0.2) is 5.82 Å². The Balaban J connectivity index is 1.64. The van der Waals surface area contributed by atoms with Gasteiger partial charge in [0.05, 0.1) is 6.54 Å². The van der Waals surface area contributed by atoms with Crippen molar-refractivity contribution in [3.8, 4) is 0 Å². The largest absolute Gasteiger partial charge is 0.295 e. The van der Waals surface area contributed by atoms with E-state index < -0.39 is 0 Å². The first-order chi connectivity index (χ1) is 10.5. The zero-order chi connectivity index (χ0) is 15.6. The molecule has 1 saturated heterocycles. The van der Waals surface area contributed by atoms with Crippen LogP contribution in [0, 0.1) is 0 Å². The summed E-state index contributed by atoms with van der Waals surface area (Å²) < 4.78 is 0. The highest BCUT2D eigenvalue weighted by molar-refractivity contribution is 5.17. The highest BCUT2D eigenvalue weighted by Crippen LogP contribution is 2.27. The van der Waals surface area contributed by atoms with Crippen LogP contribution in [0.25, 0.3) is 0 Å². The first-order valence-electron chi connectivity index (χ1n) is 8.06. The molecule has 0 spiro atoms. The molecule has 1 aliphatic heterocycles. The summed E-state index contributed by atoms with van der Waals surface area (Å²) in [5.74, 6) is 2.47. The Morgan fingerprint density at radius 1 is 1.27 bits per heavy atom. The van der Waals surface area contributed by atoms with E-state index in [2.05, 4.69) is 58.0 Å². The SMILES string of the molecule is CC(C)(C)c1n[nH]c(CN2CCC[C@@H](c3ccncc3)C2)n1. The van der Waals surface area contributed by atoms with Gasteiger partial charge in [-0.2, -0.15) is 5.10 Å². The second kappa shape index (κ2) is 6.16. The van der Waals surface area contributed by atoms with Crippen LogP contribution in [0.1, 0.15) is 56.7 Å². The average Bonchev–Trinajstić information content (AvgIpc) is 2.97. The normalized spacial score (nSPS) is 20.2. The van der Waals surface area contributed by atoms with Gasteiger partial charge in [-0.3, -0.25) is 15.0 Å². The summed E-state index contributed by atoms with van der Waals surface area (Å²) in [6, 6.07) is 4.28. The molecule has 1 fully saturated rings. The predicted molar refractivity (Wildman–Crippen MR) is 86.6 cm³/mol. The molecule has 2 aromatic rings. The summed E-state index contributed by atoms with van der Waals surface area (Å²) in [5, 5.41) is 7.46. The molecule has 22 heavy (non-hydrogen) atoms. The van der Waals surface area contributed by atoms with Gasteiger partial charge in [-0.15, -0.1) is 0 Å². The summed E-state index contributed by atoms with van der Waals surface area (Å²) in [6.07, 6.45) is 6.26. The van der Waals surface area contributed by atoms with Crippen molar-refractivity contribution in [2.24, 2.45) is 0 Å². The summed E-state index contributed by atoms with van der Waals surface area (Å²) in [6.45, 7) is 9.48. The van der Waals surface area contributed by atoms with Gasteiger partial charge in [0.2, 0.25) is 0 Å². The van der Waals surface area contributed by atoms with Crippen molar-refractivity contribution in [2.75, 3.05) is 13.1 Å². The third-order valence-electron chi connectivity index (χ3n) is 4.26. The standard InChI is InChI=1S/C17H25N5/c1-17(2,3)16-19-15(20-21-16)12-22-10-4-5-14(11-22)13-6-8-18-9-7-13/h6-9,14H,4-5,10-12H2,1-3H3,(H,19,20,21)/t14-/m1/s1. The number of aromatic amines is 1. The van der Waals surface area contributed by atoms with E-state index >= 15 is 0 Å². The highest BCUT2D eigenvalue weighted by atomic mass is 15.3. The molecule has 5 nitrogen and oxygen atoms in total. The monoisotopic (exact) mass is 299 g/mol. The second-order valence-electron chi connectivity index (χ2n) is 7.21.